The Balaban J connectivity index is 1.96. The van der Waals surface area contributed by atoms with Crippen molar-refractivity contribution in [2.24, 2.45) is 0 Å². The highest BCUT2D eigenvalue weighted by Crippen LogP contribution is 2.27. The van der Waals surface area contributed by atoms with Gasteiger partial charge in [-0.15, -0.1) is 0 Å². The second kappa shape index (κ2) is 9.83. The van der Waals surface area contributed by atoms with Gasteiger partial charge in [-0.05, 0) is 65.2 Å². The average Bonchev–Trinajstić information content (AvgIpc) is 2.59. The maximum atomic E-state index is 12.4. The molecule has 2 rings (SSSR count). The molecular weight excluding hydrogens is 402 g/mol. The maximum Gasteiger partial charge on any atom is 0.255 e. The van der Waals surface area contributed by atoms with Gasteiger partial charge in [0.1, 0.15) is 5.75 Å². The molecule has 0 spiro atoms. The minimum Gasteiger partial charge on any atom is -0.492 e. The Labute approximate surface area is 162 Å². The largest absolute Gasteiger partial charge is 0.492 e. The molecule has 0 aliphatic carbocycles. The van der Waals surface area contributed by atoms with Crippen LogP contribution in [0.1, 0.15) is 48.5 Å². The van der Waals surface area contributed by atoms with Gasteiger partial charge in [-0.1, -0.05) is 43.9 Å². The first-order valence-corrected chi connectivity index (χ1v) is 9.68. The Morgan fingerprint density at radius 3 is 2.64 bits per heavy atom. The zero-order chi connectivity index (χ0) is 18.2. The number of benzene rings is 2. The van der Waals surface area contributed by atoms with Crippen LogP contribution in [0.3, 0.4) is 0 Å². The molecule has 0 fully saturated rings. The Hall–Kier alpha value is -1.52. The highest BCUT2D eigenvalue weighted by Gasteiger charge is 2.10. The molecule has 0 bridgehead atoms. The number of hydrogen-bond acceptors (Lipinski definition) is 2. The fraction of sp³-hybridized carbons (Fsp3) is 0.350. The lowest BCUT2D eigenvalue weighted by Gasteiger charge is -2.11. The highest BCUT2D eigenvalue weighted by molar-refractivity contribution is 9.10. The third kappa shape index (κ3) is 6.05. The number of aryl methyl sites for hydroxylation is 1. The minimum atomic E-state index is -0.185. The van der Waals surface area contributed by atoms with Crippen LogP contribution in [0.2, 0.25) is 5.02 Å². The Morgan fingerprint density at radius 2 is 1.96 bits per heavy atom. The van der Waals surface area contributed by atoms with Crippen molar-refractivity contribution in [1.82, 2.24) is 0 Å². The zero-order valence-corrected chi connectivity index (χ0v) is 16.9. The number of ether oxygens (including phenoxy) is 1. The first kappa shape index (κ1) is 19.8. The van der Waals surface area contributed by atoms with Crippen LogP contribution in [0.25, 0.3) is 0 Å². The second-order valence-electron chi connectivity index (χ2n) is 5.97. The molecule has 0 aliphatic heterocycles. The van der Waals surface area contributed by atoms with Crippen LogP contribution in [0.15, 0.2) is 40.9 Å². The molecule has 1 N–H and O–H groups in total. The monoisotopic (exact) mass is 423 g/mol. The van der Waals surface area contributed by atoms with E-state index >= 15 is 0 Å². The number of halogens is 2. The summed E-state index contributed by atoms with van der Waals surface area (Å²) in [7, 11) is 0. The first-order valence-electron chi connectivity index (χ1n) is 8.51. The normalized spacial score (nSPS) is 10.6. The molecule has 25 heavy (non-hydrogen) atoms. The van der Waals surface area contributed by atoms with Gasteiger partial charge >= 0.3 is 0 Å². The third-order valence-corrected chi connectivity index (χ3v) is 4.91. The smallest absolute Gasteiger partial charge is 0.255 e. The quantitative estimate of drug-likeness (QED) is 0.483. The summed E-state index contributed by atoms with van der Waals surface area (Å²) in [4.78, 5) is 12.4. The van der Waals surface area contributed by atoms with Crippen LogP contribution < -0.4 is 10.1 Å². The van der Waals surface area contributed by atoms with E-state index in [1.165, 1.54) is 19.3 Å². The summed E-state index contributed by atoms with van der Waals surface area (Å²) >= 11 is 9.57. The van der Waals surface area contributed by atoms with E-state index in [1.807, 2.05) is 25.1 Å². The van der Waals surface area contributed by atoms with Gasteiger partial charge in [-0.3, -0.25) is 4.79 Å². The second-order valence-corrected chi connectivity index (χ2v) is 7.23. The number of carbonyl (C=O) groups is 1. The summed E-state index contributed by atoms with van der Waals surface area (Å²) in [5.74, 6) is 0.571. The van der Waals surface area contributed by atoms with Crippen LogP contribution in [-0.4, -0.2) is 12.5 Å². The molecule has 0 radical (unpaired) electrons. The van der Waals surface area contributed by atoms with E-state index in [1.54, 1.807) is 18.2 Å². The van der Waals surface area contributed by atoms with Gasteiger partial charge in [0.05, 0.1) is 11.1 Å². The lowest BCUT2D eigenvalue weighted by atomic mass is 10.2. The van der Waals surface area contributed by atoms with E-state index in [0.29, 0.717) is 22.9 Å². The Bertz CT molecular complexity index is 734. The van der Waals surface area contributed by atoms with Gasteiger partial charge in [0, 0.05) is 16.3 Å². The molecule has 0 saturated carbocycles. The lowest BCUT2D eigenvalue weighted by molar-refractivity contribution is 0.102. The average molecular weight is 425 g/mol. The van der Waals surface area contributed by atoms with Crippen molar-refractivity contribution in [2.45, 2.75) is 39.5 Å². The van der Waals surface area contributed by atoms with Crippen LogP contribution in [0, 0.1) is 6.92 Å². The molecule has 1 amide bonds. The molecule has 0 aromatic heterocycles. The highest BCUT2D eigenvalue weighted by atomic mass is 79.9. The van der Waals surface area contributed by atoms with Crippen LogP contribution in [0.5, 0.6) is 5.75 Å². The van der Waals surface area contributed by atoms with Gasteiger partial charge in [0.15, 0.2) is 0 Å². The van der Waals surface area contributed by atoms with Crippen molar-refractivity contribution in [3.05, 3.63) is 57.0 Å². The standard InChI is InChI=1S/C20H23BrClNO2/c1-3-4-5-6-11-25-19-10-8-15(12-17(19)21)20(24)23-16-9-7-14(2)18(22)13-16/h7-10,12-13H,3-6,11H2,1-2H3,(H,23,24). The molecule has 0 heterocycles. The summed E-state index contributed by atoms with van der Waals surface area (Å²) in [6.07, 6.45) is 4.65. The van der Waals surface area contributed by atoms with Crippen molar-refractivity contribution in [3.8, 4) is 5.75 Å². The molecule has 0 atom stereocenters. The molecule has 0 aliphatic rings. The molecule has 0 unspecified atom stereocenters. The summed E-state index contributed by atoms with van der Waals surface area (Å²) in [6, 6.07) is 10.8. The van der Waals surface area contributed by atoms with E-state index in [2.05, 4.69) is 28.2 Å². The number of anilines is 1. The topological polar surface area (TPSA) is 38.3 Å². The maximum absolute atomic E-state index is 12.4. The Kier molecular flexibility index (Phi) is 7.79. The number of carbonyl (C=O) groups excluding carboxylic acids is 1. The lowest BCUT2D eigenvalue weighted by Crippen LogP contribution is -2.12. The minimum absolute atomic E-state index is 0.185. The fourth-order valence-corrected chi connectivity index (χ4v) is 3.02. The summed E-state index contributed by atoms with van der Waals surface area (Å²) < 4.78 is 6.54. The molecule has 3 nitrogen and oxygen atoms in total. The predicted molar refractivity (Wildman–Crippen MR) is 108 cm³/mol. The molecular formula is C20H23BrClNO2. The Morgan fingerprint density at radius 1 is 1.16 bits per heavy atom. The van der Waals surface area contributed by atoms with Crippen molar-refractivity contribution < 1.29 is 9.53 Å². The molecule has 2 aromatic carbocycles. The summed E-state index contributed by atoms with van der Waals surface area (Å²) in [5.41, 5.74) is 2.21. The van der Waals surface area contributed by atoms with E-state index in [4.69, 9.17) is 16.3 Å². The number of unbranched alkanes of at least 4 members (excludes halogenated alkanes) is 3. The van der Waals surface area contributed by atoms with E-state index in [0.717, 1.165) is 22.2 Å². The van der Waals surface area contributed by atoms with Gasteiger partial charge in [-0.25, -0.2) is 0 Å². The molecule has 5 heteroatoms. The molecule has 134 valence electrons. The van der Waals surface area contributed by atoms with Crippen LogP contribution >= 0.6 is 27.5 Å². The SMILES string of the molecule is CCCCCCOc1ccc(C(=O)Nc2ccc(C)c(Cl)c2)cc1Br. The van der Waals surface area contributed by atoms with Gasteiger partial charge in [0.25, 0.3) is 5.91 Å². The fourth-order valence-electron chi connectivity index (χ4n) is 2.34. The van der Waals surface area contributed by atoms with Gasteiger partial charge in [0.2, 0.25) is 0 Å². The predicted octanol–water partition coefficient (Wildman–Crippen LogP) is 6.62. The third-order valence-electron chi connectivity index (χ3n) is 3.88. The van der Waals surface area contributed by atoms with Crippen molar-refractivity contribution in [2.75, 3.05) is 11.9 Å². The van der Waals surface area contributed by atoms with Crippen molar-refractivity contribution in [1.29, 1.82) is 0 Å². The first-order chi connectivity index (χ1) is 12.0. The molecule has 2 aromatic rings. The van der Waals surface area contributed by atoms with Gasteiger partial charge < -0.3 is 10.1 Å². The van der Waals surface area contributed by atoms with Crippen molar-refractivity contribution in [3.63, 3.8) is 0 Å². The number of hydrogen-bond donors (Lipinski definition) is 1. The summed E-state index contributed by atoms with van der Waals surface area (Å²) in [5, 5.41) is 3.48. The van der Waals surface area contributed by atoms with E-state index in [-0.39, 0.29) is 5.91 Å². The number of amides is 1. The summed E-state index contributed by atoms with van der Waals surface area (Å²) in [6.45, 7) is 4.80. The number of nitrogens with one attached hydrogen (secondary N) is 1. The van der Waals surface area contributed by atoms with E-state index < -0.39 is 0 Å². The van der Waals surface area contributed by atoms with E-state index in [9.17, 15) is 4.79 Å². The van der Waals surface area contributed by atoms with Gasteiger partial charge in [-0.2, -0.15) is 0 Å². The van der Waals surface area contributed by atoms with Crippen LogP contribution in [-0.2, 0) is 0 Å². The van der Waals surface area contributed by atoms with Crippen LogP contribution in [0.4, 0.5) is 5.69 Å². The zero-order valence-electron chi connectivity index (χ0n) is 14.6. The van der Waals surface area contributed by atoms with Crippen molar-refractivity contribution >= 4 is 39.1 Å². The number of rotatable bonds is 8. The molecule has 0 saturated heterocycles.